The summed E-state index contributed by atoms with van der Waals surface area (Å²) in [6, 6.07) is 15.1. The number of hydrogen-bond acceptors (Lipinski definition) is 6. The lowest BCUT2D eigenvalue weighted by Gasteiger charge is -2.14. The molecule has 1 atom stereocenters. The second-order valence-electron chi connectivity index (χ2n) is 8.38. The molecule has 0 spiro atoms. The Hall–Kier alpha value is -3.68. The molecule has 35 heavy (non-hydrogen) atoms. The molecule has 186 valence electrons. The number of aromatic nitrogens is 2. The van der Waals surface area contributed by atoms with Gasteiger partial charge in [0.2, 0.25) is 0 Å². The molecular weight excluding hydrogens is 446 g/mol. The molecular formula is C27H33N3O5. The van der Waals surface area contributed by atoms with Crippen molar-refractivity contribution in [3.05, 3.63) is 70.1 Å². The molecule has 1 heterocycles. The molecule has 0 fully saturated rings. The molecule has 0 aliphatic heterocycles. The number of fused-ring (bicyclic) bond motifs is 1. The van der Waals surface area contributed by atoms with E-state index in [0.29, 0.717) is 25.2 Å². The second-order valence-corrected chi connectivity index (χ2v) is 8.38. The molecule has 0 bridgehead atoms. The van der Waals surface area contributed by atoms with Gasteiger partial charge in [-0.2, -0.15) is 0 Å². The van der Waals surface area contributed by atoms with Crippen LogP contribution >= 0.6 is 0 Å². The van der Waals surface area contributed by atoms with E-state index in [1.807, 2.05) is 48.5 Å². The third kappa shape index (κ3) is 7.15. The van der Waals surface area contributed by atoms with E-state index in [2.05, 4.69) is 17.2 Å². The van der Waals surface area contributed by atoms with E-state index >= 15 is 0 Å². The van der Waals surface area contributed by atoms with Gasteiger partial charge in [0.15, 0.2) is 6.10 Å². The first kappa shape index (κ1) is 25.9. The van der Waals surface area contributed by atoms with Crippen molar-refractivity contribution in [2.75, 3.05) is 13.7 Å². The highest BCUT2D eigenvalue weighted by molar-refractivity contribution is 5.83. The number of amides is 1. The summed E-state index contributed by atoms with van der Waals surface area (Å²) >= 11 is 0. The number of esters is 1. The monoisotopic (exact) mass is 479 g/mol. The smallest absolute Gasteiger partial charge is 0.306 e. The van der Waals surface area contributed by atoms with Gasteiger partial charge in [-0.05, 0) is 49.6 Å². The molecule has 3 aromatic rings. The van der Waals surface area contributed by atoms with Crippen LogP contribution in [0.3, 0.4) is 0 Å². The third-order valence-corrected chi connectivity index (χ3v) is 5.77. The fourth-order valence-corrected chi connectivity index (χ4v) is 3.74. The number of rotatable bonds is 12. The number of nitrogens with one attached hydrogen (secondary N) is 1. The van der Waals surface area contributed by atoms with Crippen molar-refractivity contribution in [2.45, 2.75) is 58.6 Å². The fraction of sp³-hybridized carbons (Fsp3) is 0.407. The first-order valence-electron chi connectivity index (χ1n) is 12.0. The van der Waals surface area contributed by atoms with Crippen molar-refractivity contribution in [1.82, 2.24) is 14.9 Å². The summed E-state index contributed by atoms with van der Waals surface area (Å²) in [6.45, 7) is 4.63. The number of ether oxygens (including phenoxy) is 2. The summed E-state index contributed by atoms with van der Waals surface area (Å²) in [5.74, 6) is -0.132. The summed E-state index contributed by atoms with van der Waals surface area (Å²) < 4.78 is 12.1. The SMILES string of the molecule is CCCCn1c(=O)c(CCC(=O)OC(C)C(=O)NCCc2ccc(OC)cc2)nc2ccccc21. The van der Waals surface area contributed by atoms with Crippen molar-refractivity contribution in [2.24, 2.45) is 0 Å². The van der Waals surface area contributed by atoms with Crippen LogP contribution in [0.2, 0.25) is 0 Å². The van der Waals surface area contributed by atoms with Crippen LogP contribution in [0.1, 0.15) is 44.4 Å². The highest BCUT2D eigenvalue weighted by Gasteiger charge is 2.19. The molecule has 3 rings (SSSR count). The Balaban J connectivity index is 1.52. The van der Waals surface area contributed by atoms with E-state index in [1.165, 1.54) is 6.92 Å². The minimum absolute atomic E-state index is 0.0299. The second kappa shape index (κ2) is 12.7. The average molecular weight is 480 g/mol. The minimum atomic E-state index is -0.927. The third-order valence-electron chi connectivity index (χ3n) is 5.77. The van der Waals surface area contributed by atoms with Crippen LogP contribution < -0.4 is 15.6 Å². The zero-order valence-electron chi connectivity index (χ0n) is 20.6. The Kier molecular flexibility index (Phi) is 9.40. The van der Waals surface area contributed by atoms with E-state index in [9.17, 15) is 14.4 Å². The van der Waals surface area contributed by atoms with Gasteiger partial charge in [-0.25, -0.2) is 4.98 Å². The van der Waals surface area contributed by atoms with E-state index in [-0.39, 0.29) is 24.3 Å². The number of carbonyl (C=O) groups excluding carboxylic acids is 2. The maximum absolute atomic E-state index is 13.0. The van der Waals surface area contributed by atoms with E-state index < -0.39 is 12.1 Å². The molecule has 0 saturated carbocycles. The van der Waals surface area contributed by atoms with Crippen molar-refractivity contribution < 1.29 is 19.1 Å². The van der Waals surface area contributed by atoms with Crippen LogP contribution in [-0.2, 0) is 33.7 Å². The standard InChI is InChI=1S/C27H33N3O5/c1-4-5-18-30-24-9-7-6-8-22(24)29-23(27(30)33)14-15-25(31)35-19(2)26(32)28-17-16-20-10-12-21(34-3)13-11-20/h6-13,19H,4-5,14-18H2,1-3H3,(H,28,32). The van der Waals surface area contributed by atoms with Gasteiger partial charge in [-0.3, -0.25) is 14.4 Å². The zero-order chi connectivity index (χ0) is 25.2. The molecule has 1 aromatic heterocycles. The Morgan fingerprint density at radius 3 is 2.54 bits per heavy atom. The number of carbonyl (C=O) groups is 2. The number of unbranched alkanes of at least 4 members (excludes halogenated alkanes) is 1. The first-order valence-corrected chi connectivity index (χ1v) is 12.0. The van der Waals surface area contributed by atoms with Crippen molar-refractivity contribution in [3.63, 3.8) is 0 Å². The van der Waals surface area contributed by atoms with Gasteiger partial charge in [0.1, 0.15) is 11.4 Å². The van der Waals surface area contributed by atoms with Crippen LogP contribution in [0.15, 0.2) is 53.3 Å². The Morgan fingerprint density at radius 2 is 1.83 bits per heavy atom. The fourth-order valence-electron chi connectivity index (χ4n) is 3.74. The lowest BCUT2D eigenvalue weighted by atomic mass is 10.1. The van der Waals surface area contributed by atoms with Crippen molar-refractivity contribution in [1.29, 1.82) is 0 Å². The topological polar surface area (TPSA) is 99.5 Å². The van der Waals surface area contributed by atoms with E-state index in [1.54, 1.807) is 11.7 Å². The van der Waals surface area contributed by atoms with Gasteiger partial charge >= 0.3 is 5.97 Å². The Labute approximate surface area is 205 Å². The number of nitrogens with zero attached hydrogens (tertiary/aromatic N) is 2. The summed E-state index contributed by atoms with van der Waals surface area (Å²) in [5, 5.41) is 2.78. The van der Waals surface area contributed by atoms with Crippen LogP contribution in [0.5, 0.6) is 5.75 Å². The molecule has 1 unspecified atom stereocenters. The van der Waals surface area contributed by atoms with E-state index in [4.69, 9.17) is 9.47 Å². The summed E-state index contributed by atoms with van der Waals surface area (Å²) in [6.07, 6.45) is 1.68. The Morgan fingerprint density at radius 1 is 1.09 bits per heavy atom. The maximum atomic E-state index is 13.0. The first-order chi connectivity index (χ1) is 16.9. The number of para-hydroxylation sites is 2. The van der Waals surface area contributed by atoms with E-state index in [0.717, 1.165) is 35.2 Å². The van der Waals surface area contributed by atoms with Crippen LogP contribution in [0.25, 0.3) is 11.0 Å². The van der Waals surface area contributed by atoms with Gasteiger partial charge in [0, 0.05) is 19.5 Å². The number of benzene rings is 2. The lowest BCUT2D eigenvalue weighted by molar-refractivity contribution is -0.154. The number of methoxy groups -OCH3 is 1. The molecule has 0 radical (unpaired) electrons. The summed E-state index contributed by atoms with van der Waals surface area (Å²) in [5.41, 5.74) is 2.71. The normalized spacial score (nSPS) is 11.7. The molecule has 1 N–H and O–H groups in total. The molecule has 8 heteroatoms. The van der Waals surface area contributed by atoms with Gasteiger partial charge in [-0.1, -0.05) is 37.6 Å². The molecule has 0 saturated heterocycles. The predicted octanol–water partition coefficient (Wildman–Crippen LogP) is 3.43. The van der Waals surface area contributed by atoms with Crippen LogP contribution in [-0.4, -0.2) is 41.2 Å². The quantitative estimate of drug-likeness (QED) is 0.400. The summed E-state index contributed by atoms with van der Waals surface area (Å²) in [4.78, 5) is 42.1. The zero-order valence-corrected chi connectivity index (χ0v) is 20.6. The Bertz CT molecular complexity index is 1200. The van der Waals surface area contributed by atoms with Gasteiger partial charge in [0.05, 0.1) is 24.6 Å². The lowest BCUT2D eigenvalue weighted by Crippen LogP contribution is -2.37. The van der Waals surface area contributed by atoms with Gasteiger partial charge in [-0.15, -0.1) is 0 Å². The maximum Gasteiger partial charge on any atom is 0.306 e. The van der Waals surface area contributed by atoms with Crippen molar-refractivity contribution >= 4 is 22.9 Å². The van der Waals surface area contributed by atoms with Gasteiger partial charge < -0.3 is 19.4 Å². The highest BCUT2D eigenvalue weighted by Crippen LogP contribution is 2.13. The number of aryl methyl sites for hydroxylation is 2. The molecule has 8 nitrogen and oxygen atoms in total. The predicted molar refractivity (Wildman–Crippen MR) is 134 cm³/mol. The largest absolute Gasteiger partial charge is 0.497 e. The highest BCUT2D eigenvalue weighted by atomic mass is 16.5. The molecule has 0 aliphatic rings. The minimum Gasteiger partial charge on any atom is -0.497 e. The molecule has 0 aliphatic carbocycles. The van der Waals surface area contributed by atoms with Crippen LogP contribution in [0.4, 0.5) is 0 Å². The van der Waals surface area contributed by atoms with Gasteiger partial charge in [0.25, 0.3) is 11.5 Å². The molecule has 2 aromatic carbocycles. The average Bonchev–Trinajstić information content (AvgIpc) is 2.87. The van der Waals surface area contributed by atoms with Crippen molar-refractivity contribution in [3.8, 4) is 5.75 Å². The summed E-state index contributed by atoms with van der Waals surface area (Å²) in [7, 11) is 1.61. The number of hydrogen-bond donors (Lipinski definition) is 1. The van der Waals surface area contributed by atoms with Crippen LogP contribution in [0, 0.1) is 0 Å². The molecule has 1 amide bonds.